The lowest BCUT2D eigenvalue weighted by atomic mass is 10.1. The Hall–Kier alpha value is -0.840. The van der Waals surface area contributed by atoms with Crippen molar-refractivity contribution in [2.24, 2.45) is 0 Å². The van der Waals surface area contributed by atoms with E-state index >= 15 is 0 Å². The van der Waals surface area contributed by atoms with Crippen molar-refractivity contribution in [2.45, 2.75) is 45.9 Å². The summed E-state index contributed by atoms with van der Waals surface area (Å²) < 4.78 is 11.2. The van der Waals surface area contributed by atoms with E-state index in [1.165, 1.54) is 0 Å². The average molecular weight is 268 g/mol. The summed E-state index contributed by atoms with van der Waals surface area (Å²) in [6.07, 6.45) is 2.79. The van der Waals surface area contributed by atoms with Gasteiger partial charge in [-0.25, -0.2) is 0 Å². The SMILES string of the molecule is CN(C)CCCOCc1ccoc1CNC(C)(C)C. The molecule has 1 aromatic rings. The Balaban J connectivity index is 2.28. The summed E-state index contributed by atoms with van der Waals surface area (Å²) in [6.45, 7) is 9.66. The second-order valence-corrected chi connectivity index (χ2v) is 6.18. The molecule has 19 heavy (non-hydrogen) atoms. The van der Waals surface area contributed by atoms with Gasteiger partial charge in [0.1, 0.15) is 5.76 Å². The van der Waals surface area contributed by atoms with E-state index in [9.17, 15) is 0 Å². The molecule has 0 unspecified atom stereocenters. The Morgan fingerprint density at radius 2 is 2.05 bits per heavy atom. The van der Waals surface area contributed by atoms with E-state index < -0.39 is 0 Å². The molecular weight excluding hydrogens is 240 g/mol. The van der Waals surface area contributed by atoms with Gasteiger partial charge in [0.15, 0.2) is 0 Å². The number of furan rings is 1. The van der Waals surface area contributed by atoms with Crippen LogP contribution in [-0.4, -0.2) is 37.7 Å². The molecule has 1 heterocycles. The maximum atomic E-state index is 5.69. The summed E-state index contributed by atoms with van der Waals surface area (Å²) in [5.74, 6) is 0.975. The van der Waals surface area contributed by atoms with E-state index in [-0.39, 0.29) is 5.54 Å². The minimum Gasteiger partial charge on any atom is -0.468 e. The maximum absolute atomic E-state index is 5.69. The third-order valence-corrected chi connectivity index (χ3v) is 2.77. The highest BCUT2D eigenvalue weighted by Crippen LogP contribution is 2.13. The second-order valence-electron chi connectivity index (χ2n) is 6.18. The van der Waals surface area contributed by atoms with Crippen LogP contribution in [0, 0.1) is 0 Å². The number of hydrogen-bond donors (Lipinski definition) is 1. The fourth-order valence-electron chi connectivity index (χ4n) is 1.66. The van der Waals surface area contributed by atoms with Crippen LogP contribution in [0.3, 0.4) is 0 Å². The molecule has 0 saturated carbocycles. The standard InChI is InChI=1S/C15H28N2O2/c1-15(2,3)16-11-14-13(7-10-19-14)12-18-9-6-8-17(4)5/h7,10,16H,6,8-9,11-12H2,1-5H3. The Bertz CT molecular complexity index is 353. The van der Waals surface area contributed by atoms with Crippen LogP contribution in [0.4, 0.5) is 0 Å². The van der Waals surface area contributed by atoms with Crippen molar-refractivity contribution in [3.63, 3.8) is 0 Å². The summed E-state index contributed by atoms with van der Waals surface area (Å²) in [5, 5.41) is 3.43. The van der Waals surface area contributed by atoms with Gasteiger partial charge in [0.05, 0.1) is 19.4 Å². The molecule has 0 aliphatic carbocycles. The highest BCUT2D eigenvalue weighted by molar-refractivity contribution is 5.16. The highest BCUT2D eigenvalue weighted by Gasteiger charge is 2.12. The van der Waals surface area contributed by atoms with E-state index in [1.54, 1.807) is 6.26 Å². The van der Waals surface area contributed by atoms with Crippen LogP contribution >= 0.6 is 0 Å². The molecule has 0 amide bonds. The fourth-order valence-corrected chi connectivity index (χ4v) is 1.66. The fraction of sp³-hybridized carbons (Fsp3) is 0.733. The van der Waals surface area contributed by atoms with Crippen molar-refractivity contribution in [2.75, 3.05) is 27.2 Å². The molecule has 0 fully saturated rings. The molecule has 4 nitrogen and oxygen atoms in total. The van der Waals surface area contributed by atoms with Gasteiger partial charge < -0.3 is 19.4 Å². The first kappa shape index (κ1) is 16.2. The number of nitrogens with zero attached hydrogens (tertiary/aromatic N) is 1. The van der Waals surface area contributed by atoms with Crippen molar-refractivity contribution < 1.29 is 9.15 Å². The molecule has 0 radical (unpaired) electrons. The van der Waals surface area contributed by atoms with Gasteiger partial charge in [0.2, 0.25) is 0 Å². The molecule has 0 aromatic carbocycles. The molecular formula is C15H28N2O2. The number of hydrogen-bond acceptors (Lipinski definition) is 4. The molecule has 1 N–H and O–H groups in total. The van der Waals surface area contributed by atoms with Gasteiger partial charge in [-0.2, -0.15) is 0 Å². The van der Waals surface area contributed by atoms with E-state index in [4.69, 9.17) is 9.15 Å². The van der Waals surface area contributed by atoms with Gasteiger partial charge >= 0.3 is 0 Å². The van der Waals surface area contributed by atoms with Crippen molar-refractivity contribution in [3.05, 3.63) is 23.7 Å². The molecule has 0 bridgehead atoms. The first-order valence-electron chi connectivity index (χ1n) is 6.91. The number of ether oxygens (including phenoxy) is 1. The van der Waals surface area contributed by atoms with Crippen molar-refractivity contribution in [1.29, 1.82) is 0 Å². The lowest BCUT2D eigenvalue weighted by Gasteiger charge is -2.20. The van der Waals surface area contributed by atoms with Crippen LogP contribution in [0.1, 0.15) is 38.5 Å². The van der Waals surface area contributed by atoms with E-state index in [1.807, 2.05) is 6.07 Å². The topological polar surface area (TPSA) is 37.6 Å². The zero-order valence-electron chi connectivity index (χ0n) is 13.0. The predicted octanol–water partition coefficient (Wildman–Crippen LogP) is 2.64. The molecule has 0 aliphatic rings. The second kappa shape index (κ2) is 7.68. The minimum absolute atomic E-state index is 0.0939. The van der Waals surface area contributed by atoms with Crippen LogP contribution in [-0.2, 0) is 17.9 Å². The van der Waals surface area contributed by atoms with Gasteiger partial charge in [-0.3, -0.25) is 0 Å². The summed E-state index contributed by atoms with van der Waals surface area (Å²) in [5.41, 5.74) is 1.23. The number of rotatable bonds is 8. The van der Waals surface area contributed by atoms with Crippen molar-refractivity contribution in [3.8, 4) is 0 Å². The molecule has 1 rings (SSSR count). The van der Waals surface area contributed by atoms with Crippen LogP contribution in [0.2, 0.25) is 0 Å². The molecule has 4 heteroatoms. The molecule has 1 aromatic heterocycles. The minimum atomic E-state index is 0.0939. The lowest BCUT2D eigenvalue weighted by molar-refractivity contribution is 0.112. The van der Waals surface area contributed by atoms with Crippen molar-refractivity contribution >= 4 is 0 Å². The third kappa shape index (κ3) is 7.35. The maximum Gasteiger partial charge on any atom is 0.123 e. The van der Waals surface area contributed by atoms with Crippen LogP contribution < -0.4 is 5.32 Å². The average Bonchev–Trinajstić information content (AvgIpc) is 2.72. The Morgan fingerprint density at radius 1 is 1.32 bits per heavy atom. The van der Waals surface area contributed by atoms with Gasteiger partial charge in [0, 0.05) is 17.7 Å². The zero-order valence-corrected chi connectivity index (χ0v) is 13.0. The number of nitrogens with one attached hydrogen (secondary N) is 1. The molecule has 0 atom stereocenters. The van der Waals surface area contributed by atoms with Gasteiger partial charge in [-0.15, -0.1) is 0 Å². The monoisotopic (exact) mass is 268 g/mol. The van der Waals surface area contributed by atoms with Crippen molar-refractivity contribution in [1.82, 2.24) is 10.2 Å². The summed E-state index contributed by atoms with van der Waals surface area (Å²) in [7, 11) is 4.15. The lowest BCUT2D eigenvalue weighted by Crippen LogP contribution is -2.35. The normalized spacial score (nSPS) is 12.3. The molecule has 110 valence electrons. The summed E-state index contributed by atoms with van der Waals surface area (Å²) in [4.78, 5) is 2.17. The van der Waals surface area contributed by atoms with Gasteiger partial charge in [0.25, 0.3) is 0 Å². The molecule has 0 spiro atoms. The van der Waals surface area contributed by atoms with Crippen LogP contribution in [0.5, 0.6) is 0 Å². The third-order valence-electron chi connectivity index (χ3n) is 2.77. The zero-order chi connectivity index (χ0) is 14.3. The van der Waals surface area contributed by atoms with Gasteiger partial charge in [-0.1, -0.05) is 0 Å². The van der Waals surface area contributed by atoms with E-state index in [2.05, 4.69) is 45.1 Å². The highest BCUT2D eigenvalue weighted by atomic mass is 16.5. The van der Waals surface area contributed by atoms with Crippen LogP contribution in [0.25, 0.3) is 0 Å². The quantitative estimate of drug-likeness (QED) is 0.736. The Labute approximate surface area is 117 Å². The summed E-state index contributed by atoms with van der Waals surface area (Å²) in [6, 6.07) is 1.99. The first-order chi connectivity index (χ1) is 8.88. The largest absolute Gasteiger partial charge is 0.468 e. The van der Waals surface area contributed by atoms with Gasteiger partial charge in [-0.05, 0) is 53.9 Å². The van der Waals surface area contributed by atoms with Crippen LogP contribution in [0.15, 0.2) is 16.7 Å². The Kier molecular flexibility index (Phi) is 6.55. The molecule has 0 saturated heterocycles. The Morgan fingerprint density at radius 3 is 2.68 bits per heavy atom. The predicted molar refractivity (Wildman–Crippen MR) is 78.1 cm³/mol. The molecule has 0 aliphatic heterocycles. The summed E-state index contributed by atoms with van der Waals surface area (Å²) >= 11 is 0. The first-order valence-corrected chi connectivity index (χ1v) is 6.91. The smallest absolute Gasteiger partial charge is 0.123 e. The van der Waals surface area contributed by atoms with E-state index in [0.29, 0.717) is 6.61 Å². The van der Waals surface area contributed by atoms with E-state index in [0.717, 1.165) is 37.4 Å².